The standard InChI is InChI=1S/C22H28N4O5.ClH/c1-13-9-16(12-25(3)21(13)28)20-24-17-10-15(11-23-19(14(2)27)22(29)30)5-6-18(17)26(20)7-8-31-4;/h5-6,9-10,12,14,19,23,27H,7-8,11H2,1-4H3,(H,29,30);1H. The van der Waals surface area contributed by atoms with Crippen molar-refractivity contribution in [2.45, 2.75) is 39.1 Å². The second kappa shape index (κ2) is 10.7. The van der Waals surface area contributed by atoms with E-state index >= 15 is 0 Å². The number of fused-ring (bicyclic) bond motifs is 1. The molecule has 0 aliphatic rings. The summed E-state index contributed by atoms with van der Waals surface area (Å²) in [5.41, 5.74) is 3.91. The second-order valence-electron chi connectivity index (χ2n) is 7.67. The number of hydrogen-bond donors (Lipinski definition) is 3. The zero-order valence-electron chi connectivity index (χ0n) is 18.5. The quantitative estimate of drug-likeness (QED) is 0.441. The topological polar surface area (TPSA) is 119 Å². The van der Waals surface area contributed by atoms with Crippen LogP contribution < -0.4 is 10.9 Å². The number of rotatable bonds is 9. The molecule has 0 spiro atoms. The van der Waals surface area contributed by atoms with Crippen LogP contribution in [0.15, 0.2) is 35.3 Å². The molecule has 0 radical (unpaired) electrons. The van der Waals surface area contributed by atoms with Gasteiger partial charge in [-0.3, -0.25) is 14.9 Å². The summed E-state index contributed by atoms with van der Waals surface area (Å²) < 4.78 is 8.85. The molecule has 9 nitrogen and oxygen atoms in total. The lowest BCUT2D eigenvalue weighted by Crippen LogP contribution is -2.44. The summed E-state index contributed by atoms with van der Waals surface area (Å²) in [5, 5.41) is 21.7. The van der Waals surface area contributed by atoms with E-state index in [0.717, 1.165) is 28.0 Å². The van der Waals surface area contributed by atoms with Crippen molar-refractivity contribution in [3.05, 3.63) is 51.9 Å². The summed E-state index contributed by atoms with van der Waals surface area (Å²) >= 11 is 0. The van der Waals surface area contributed by atoms with Crippen molar-refractivity contribution in [1.29, 1.82) is 0 Å². The number of aliphatic hydroxyl groups excluding tert-OH is 1. The Bertz CT molecular complexity index is 1130. The van der Waals surface area contributed by atoms with Gasteiger partial charge in [0.15, 0.2) is 0 Å². The molecule has 0 aliphatic carbocycles. The van der Waals surface area contributed by atoms with Crippen LogP contribution in [-0.4, -0.2) is 56.2 Å². The molecule has 3 rings (SSSR count). The van der Waals surface area contributed by atoms with E-state index in [1.165, 1.54) is 6.92 Å². The Morgan fingerprint density at radius 1 is 1.31 bits per heavy atom. The normalized spacial score (nSPS) is 13.0. The molecule has 174 valence electrons. The Kier molecular flexibility index (Phi) is 8.57. The third kappa shape index (κ3) is 5.36. The number of aliphatic hydroxyl groups is 1. The molecule has 0 fully saturated rings. The average molecular weight is 465 g/mol. The molecule has 0 aliphatic heterocycles. The van der Waals surface area contributed by atoms with Gasteiger partial charge in [0, 0.05) is 44.6 Å². The fourth-order valence-corrected chi connectivity index (χ4v) is 3.61. The SMILES string of the molecule is COCCn1c(-c2cc(C)c(=O)n(C)c2)nc2cc(CNC(C(=O)O)C(C)O)ccc21.Cl. The van der Waals surface area contributed by atoms with E-state index in [9.17, 15) is 19.8 Å². The first-order valence-electron chi connectivity index (χ1n) is 10.0. The molecule has 0 saturated heterocycles. The molecule has 10 heteroatoms. The van der Waals surface area contributed by atoms with Gasteiger partial charge in [-0.2, -0.15) is 0 Å². The highest BCUT2D eigenvalue weighted by Gasteiger charge is 2.22. The number of nitrogens with zero attached hydrogens (tertiary/aromatic N) is 3. The molecule has 2 unspecified atom stereocenters. The van der Waals surface area contributed by atoms with Gasteiger partial charge in [0.2, 0.25) is 0 Å². The number of nitrogens with one attached hydrogen (secondary N) is 1. The fraction of sp³-hybridized carbons (Fsp3) is 0.409. The Balaban J connectivity index is 0.00000363. The highest BCUT2D eigenvalue weighted by atomic mass is 35.5. The first kappa shape index (κ1) is 25.5. The van der Waals surface area contributed by atoms with E-state index in [1.54, 1.807) is 31.8 Å². The maximum atomic E-state index is 12.1. The fourth-order valence-electron chi connectivity index (χ4n) is 3.61. The monoisotopic (exact) mass is 464 g/mol. The van der Waals surface area contributed by atoms with Crippen LogP contribution in [0.4, 0.5) is 0 Å². The predicted molar refractivity (Wildman–Crippen MR) is 124 cm³/mol. The van der Waals surface area contributed by atoms with Gasteiger partial charge in [-0.1, -0.05) is 6.07 Å². The lowest BCUT2D eigenvalue weighted by Gasteiger charge is -2.17. The van der Waals surface area contributed by atoms with Crippen LogP contribution in [0.3, 0.4) is 0 Å². The number of halogens is 1. The highest BCUT2D eigenvalue weighted by molar-refractivity contribution is 5.85. The lowest BCUT2D eigenvalue weighted by molar-refractivity contribution is -0.142. The van der Waals surface area contributed by atoms with E-state index < -0.39 is 18.1 Å². The maximum absolute atomic E-state index is 12.1. The summed E-state index contributed by atoms with van der Waals surface area (Å²) in [6, 6.07) is 6.50. The van der Waals surface area contributed by atoms with Gasteiger partial charge < -0.3 is 24.1 Å². The van der Waals surface area contributed by atoms with Crippen molar-refractivity contribution >= 4 is 29.4 Å². The number of pyridine rings is 1. The molecule has 0 bridgehead atoms. The molecule has 1 aromatic carbocycles. The minimum atomic E-state index is -1.10. The largest absolute Gasteiger partial charge is 0.480 e. The highest BCUT2D eigenvalue weighted by Crippen LogP contribution is 2.26. The van der Waals surface area contributed by atoms with Crippen molar-refractivity contribution < 1.29 is 19.7 Å². The Morgan fingerprint density at radius 2 is 2.03 bits per heavy atom. The number of imidazole rings is 1. The third-order valence-corrected chi connectivity index (χ3v) is 5.23. The number of methoxy groups -OCH3 is 1. The Morgan fingerprint density at radius 3 is 2.62 bits per heavy atom. The number of benzene rings is 1. The first-order valence-corrected chi connectivity index (χ1v) is 10.0. The molecule has 0 amide bonds. The van der Waals surface area contributed by atoms with Crippen LogP contribution in [0.25, 0.3) is 22.4 Å². The number of aryl methyl sites for hydroxylation is 2. The molecule has 2 atom stereocenters. The summed E-state index contributed by atoms with van der Waals surface area (Å²) in [7, 11) is 3.35. The number of carbonyl (C=O) groups is 1. The van der Waals surface area contributed by atoms with Crippen LogP contribution in [0.5, 0.6) is 0 Å². The van der Waals surface area contributed by atoms with E-state index in [0.29, 0.717) is 18.7 Å². The van der Waals surface area contributed by atoms with Crippen LogP contribution in [0.2, 0.25) is 0 Å². The van der Waals surface area contributed by atoms with Crippen molar-refractivity contribution in [3.63, 3.8) is 0 Å². The third-order valence-electron chi connectivity index (χ3n) is 5.23. The minimum Gasteiger partial charge on any atom is -0.480 e. The number of ether oxygens (including phenoxy) is 1. The van der Waals surface area contributed by atoms with Crippen LogP contribution in [-0.2, 0) is 29.7 Å². The smallest absolute Gasteiger partial charge is 0.323 e. The van der Waals surface area contributed by atoms with Gasteiger partial charge in [-0.15, -0.1) is 12.4 Å². The summed E-state index contributed by atoms with van der Waals surface area (Å²) in [6.45, 7) is 4.58. The molecular weight excluding hydrogens is 436 g/mol. The minimum absolute atomic E-state index is 0. The van der Waals surface area contributed by atoms with Crippen molar-refractivity contribution in [3.8, 4) is 11.4 Å². The molecule has 3 aromatic rings. The summed E-state index contributed by atoms with van der Waals surface area (Å²) in [6.07, 6.45) is 0.747. The predicted octanol–water partition coefficient (Wildman–Crippen LogP) is 1.70. The maximum Gasteiger partial charge on any atom is 0.323 e. The van der Waals surface area contributed by atoms with Gasteiger partial charge in [-0.05, 0) is 37.6 Å². The first-order chi connectivity index (χ1) is 14.7. The molecule has 2 aromatic heterocycles. The Hall–Kier alpha value is -2.72. The van der Waals surface area contributed by atoms with Gasteiger partial charge in [0.25, 0.3) is 5.56 Å². The second-order valence-corrected chi connectivity index (χ2v) is 7.67. The summed E-state index contributed by atoms with van der Waals surface area (Å²) in [4.78, 5) is 28.2. The van der Waals surface area contributed by atoms with Gasteiger partial charge >= 0.3 is 5.97 Å². The van der Waals surface area contributed by atoms with Gasteiger partial charge in [0.1, 0.15) is 11.9 Å². The number of carboxylic acid groups (broad SMARTS) is 1. The number of aromatic nitrogens is 3. The van der Waals surface area contributed by atoms with E-state index in [4.69, 9.17) is 9.72 Å². The molecule has 0 saturated carbocycles. The van der Waals surface area contributed by atoms with Gasteiger partial charge in [-0.25, -0.2) is 4.98 Å². The average Bonchev–Trinajstić information content (AvgIpc) is 3.07. The van der Waals surface area contributed by atoms with Crippen molar-refractivity contribution in [1.82, 2.24) is 19.4 Å². The van der Waals surface area contributed by atoms with Crippen LogP contribution in [0, 0.1) is 6.92 Å². The zero-order valence-corrected chi connectivity index (χ0v) is 19.3. The molecule has 2 heterocycles. The lowest BCUT2D eigenvalue weighted by atomic mass is 10.1. The van der Waals surface area contributed by atoms with Crippen molar-refractivity contribution in [2.75, 3.05) is 13.7 Å². The molecule has 32 heavy (non-hydrogen) atoms. The zero-order chi connectivity index (χ0) is 22.7. The van der Waals surface area contributed by atoms with Crippen LogP contribution >= 0.6 is 12.4 Å². The van der Waals surface area contributed by atoms with E-state index in [-0.39, 0.29) is 24.5 Å². The molecule has 3 N–H and O–H groups in total. The molecular formula is C22H29ClN4O5. The Labute approximate surface area is 192 Å². The van der Waals surface area contributed by atoms with Gasteiger partial charge in [0.05, 0.1) is 23.7 Å². The van der Waals surface area contributed by atoms with Crippen molar-refractivity contribution in [2.24, 2.45) is 7.05 Å². The number of aliphatic carboxylic acids is 1. The van der Waals surface area contributed by atoms with Crippen LogP contribution in [0.1, 0.15) is 18.1 Å². The number of hydrogen-bond acceptors (Lipinski definition) is 6. The summed E-state index contributed by atoms with van der Waals surface area (Å²) in [5.74, 6) is -0.379. The van der Waals surface area contributed by atoms with E-state index in [1.807, 2.05) is 28.8 Å². The van der Waals surface area contributed by atoms with E-state index in [2.05, 4.69) is 5.32 Å². The number of carboxylic acids is 1.